The van der Waals surface area contributed by atoms with E-state index in [1.54, 1.807) is 18.2 Å². The van der Waals surface area contributed by atoms with E-state index in [0.29, 0.717) is 11.6 Å². The number of rotatable bonds is 4. The van der Waals surface area contributed by atoms with Gasteiger partial charge >= 0.3 is 5.91 Å². The van der Waals surface area contributed by atoms with Crippen LogP contribution in [0.25, 0.3) is 16.0 Å². The summed E-state index contributed by atoms with van der Waals surface area (Å²) in [5.41, 5.74) is 0.746. The first kappa shape index (κ1) is 23.2. The highest BCUT2D eigenvalue weighted by Gasteiger charge is 2.48. The molecular weight excluding hydrogens is 492 g/mol. The predicted octanol–water partition coefficient (Wildman–Crippen LogP) is 5.42. The highest BCUT2D eigenvalue weighted by molar-refractivity contribution is 7.22. The van der Waals surface area contributed by atoms with E-state index in [1.165, 1.54) is 12.1 Å². The number of carbonyl (C=O) groups excluding carboxylic acids is 2. The van der Waals surface area contributed by atoms with Crippen molar-refractivity contribution in [2.45, 2.75) is 13.0 Å². The number of non-ortho nitro benzene ring substituents is 1. The molecule has 1 aliphatic heterocycles. The van der Waals surface area contributed by atoms with Gasteiger partial charge < -0.3 is 5.11 Å². The van der Waals surface area contributed by atoms with Crippen molar-refractivity contribution < 1.29 is 28.4 Å². The second-order valence-electron chi connectivity index (χ2n) is 8.12. The summed E-state index contributed by atoms with van der Waals surface area (Å²) in [6.45, 7) is 1.81. The third-order valence-corrected chi connectivity index (χ3v) is 6.76. The van der Waals surface area contributed by atoms with Crippen molar-refractivity contribution >= 4 is 49.8 Å². The van der Waals surface area contributed by atoms with Crippen LogP contribution >= 0.6 is 11.3 Å². The van der Waals surface area contributed by atoms with Crippen molar-refractivity contribution in [3.63, 3.8) is 0 Å². The minimum atomic E-state index is -1.13. The third-order valence-electron chi connectivity index (χ3n) is 5.76. The van der Waals surface area contributed by atoms with Crippen molar-refractivity contribution in [3.05, 3.63) is 105 Å². The van der Waals surface area contributed by atoms with Crippen LogP contribution in [0.2, 0.25) is 0 Å². The predicted molar refractivity (Wildman–Crippen MR) is 129 cm³/mol. The topological polar surface area (TPSA) is 114 Å². The zero-order valence-electron chi connectivity index (χ0n) is 18.4. The zero-order valence-corrected chi connectivity index (χ0v) is 19.3. The first-order chi connectivity index (χ1) is 17.2. The second-order valence-corrected chi connectivity index (χ2v) is 9.13. The first-order valence-electron chi connectivity index (χ1n) is 10.5. The number of nitrogens with zero attached hydrogens (tertiary/aromatic N) is 3. The molecule has 36 heavy (non-hydrogen) atoms. The Labute approximate surface area is 205 Å². The summed E-state index contributed by atoms with van der Waals surface area (Å²) in [5, 5.41) is 22.0. The number of amides is 1. The fourth-order valence-corrected chi connectivity index (χ4v) is 5.16. The molecule has 1 N–H and O–H groups in total. The van der Waals surface area contributed by atoms with Gasteiger partial charge in [-0.2, -0.15) is 0 Å². The Kier molecular flexibility index (Phi) is 5.56. The number of aromatic nitrogens is 1. The normalized spacial score (nSPS) is 17.2. The number of hydrogen-bond acceptors (Lipinski definition) is 7. The number of nitro groups is 1. The number of thiazole rings is 1. The lowest BCUT2D eigenvalue weighted by molar-refractivity contribution is -0.384. The highest BCUT2D eigenvalue weighted by Crippen LogP contribution is 2.44. The van der Waals surface area contributed by atoms with Crippen LogP contribution in [-0.4, -0.2) is 26.7 Å². The van der Waals surface area contributed by atoms with Crippen LogP contribution in [-0.2, 0) is 9.59 Å². The SMILES string of the molecule is Cc1cccc(C2/C(=C(\O)c3ccc([N+](=O)[O-])cc3)C(=O)C(=O)N2c2nc3c(F)cc(F)cc3s2)c1. The van der Waals surface area contributed by atoms with Gasteiger partial charge in [-0.15, -0.1) is 0 Å². The number of carbonyl (C=O) groups is 2. The fraction of sp³-hybridized carbons (Fsp3) is 0.0800. The van der Waals surface area contributed by atoms with Gasteiger partial charge in [0.25, 0.3) is 11.5 Å². The van der Waals surface area contributed by atoms with Gasteiger partial charge in [-0.3, -0.25) is 24.6 Å². The van der Waals surface area contributed by atoms with E-state index in [1.807, 2.05) is 13.0 Å². The molecule has 8 nitrogen and oxygen atoms in total. The zero-order chi connectivity index (χ0) is 25.7. The van der Waals surface area contributed by atoms with Crippen molar-refractivity contribution in [2.24, 2.45) is 0 Å². The van der Waals surface area contributed by atoms with Gasteiger partial charge in [0, 0.05) is 23.8 Å². The molecule has 1 saturated heterocycles. The summed E-state index contributed by atoms with van der Waals surface area (Å²) < 4.78 is 28.3. The molecule has 0 saturated carbocycles. The number of hydrogen-bond donors (Lipinski definition) is 1. The second kappa shape index (κ2) is 8.61. The molecule has 1 amide bonds. The minimum Gasteiger partial charge on any atom is -0.507 e. The van der Waals surface area contributed by atoms with Crippen molar-refractivity contribution in [1.82, 2.24) is 4.98 Å². The van der Waals surface area contributed by atoms with Crippen LogP contribution in [0.3, 0.4) is 0 Å². The molecule has 2 heterocycles. The van der Waals surface area contributed by atoms with Gasteiger partial charge in [0.2, 0.25) is 0 Å². The molecule has 1 unspecified atom stereocenters. The number of benzene rings is 3. The van der Waals surface area contributed by atoms with Crippen LogP contribution in [0.15, 0.2) is 66.2 Å². The molecule has 0 aliphatic carbocycles. The number of aliphatic hydroxyl groups is 1. The van der Waals surface area contributed by atoms with Crippen molar-refractivity contribution in [3.8, 4) is 0 Å². The molecule has 0 spiro atoms. The van der Waals surface area contributed by atoms with E-state index in [4.69, 9.17) is 0 Å². The van der Waals surface area contributed by atoms with Crippen LogP contribution < -0.4 is 4.90 Å². The number of fused-ring (bicyclic) bond motifs is 1. The molecule has 180 valence electrons. The lowest BCUT2D eigenvalue weighted by atomic mass is 9.94. The Morgan fingerprint density at radius 2 is 1.83 bits per heavy atom. The standard InChI is InChI=1S/C25H15F2N3O5S/c1-12-3-2-4-14(9-12)21-19(22(31)13-5-7-16(8-6-13)30(34)35)23(32)24(33)29(21)25-28-20-17(27)10-15(26)11-18(20)36-25/h2-11,21,31H,1H3/b22-19+. The van der Waals surface area contributed by atoms with Gasteiger partial charge in [0.05, 0.1) is 21.2 Å². The Balaban J connectivity index is 1.72. The number of ketones is 1. The van der Waals surface area contributed by atoms with E-state index in [9.17, 15) is 33.6 Å². The van der Waals surface area contributed by atoms with E-state index < -0.39 is 40.0 Å². The average Bonchev–Trinajstić information content (AvgIpc) is 3.37. The maximum absolute atomic E-state index is 14.3. The highest BCUT2D eigenvalue weighted by atomic mass is 32.1. The van der Waals surface area contributed by atoms with Crippen LogP contribution in [0.1, 0.15) is 22.7 Å². The molecule has 1 fully saturated rings. The number of aryl methyl sites for hydroxylation is 1. The lowest BCUT2D eigenvalue weighted by Gasteiger charge is -2.23. The molecule has 1 aromatic heterocycles. The summed E-state index contributed by atoms with van der Waals surface area (Å²) in [7, 11) is 0. The van der Waals surface area contributed by atoms with Crippen LogP contribution in [0.4, 0.5) is 19.6 Å². The number of anilines is 1. The average molecular weight is 507 g/mol. The first-order valence-corrected chi connectivity index (χ1v) is 11.4. The van der Waals surface area contributed by atoms with E-state index in [2.05, 4.69) is 4.98 Å². The molecule has 0 bridgehead atoms. The number of nitro benzene ring substituents is 1. The Morgan fingerprint density at radius 1 is 1.11 bits per heavy atom. The summed E-state index contributed by atoms with van der Waals surface area (Å²) in [6.07, 6.45) is 0. The summed E-state index contributed by atoms with van der Waals surface area (Å²) in [5.74, 6) is -4.28. The van der Waals surface area contributed by atoms with E-state index in [-0.39, 0.29) is 32.2 Å². The largest absolute Gasteiger partial charge is 0.507 e. The number of aliphatic hydroxyl groups excluding tert-OH is 1. The fourth-order valence-electron chi connectivity index (χ4n) is 4.13. The quantitative estimate of drug-likeness (QED) is 0.130. The molecule has 1 atom stereocenters. The Morgan fingerprint density at radius 3 is 2.50 bits per heavy atom. The van der Waals surface area contributed by atoms with Crippen LogP contribution in [0.5, 0.6) is 0 Å². The smallest absolute Gasteiger partial charge is 0.301 e. The Bertz CT molecular complexity index is 1610. The molecule has 1 aliphatic rings. The molecule has 11 heteroatoms. The molecule has 3 aromatic carbocycles. The molecule has 0 radical (unpaired) electrons. The summed E-state index contributed by atoms with van der Waals surface area (Å²) in [4.78, 5) is 42.0. The summed E-state index contributed by atoms with van der Waals surface area (Å²) in [6, 6.07) is 12.4. The van der Waals surface area contributed by atoms with Gasteiger partial charge in [0.1, 0.15) is 17.1 Å². The number of Topliss-reactive ketones (excluding diaryl/α,β-unsaturated/α-hetero) is 1. The van der Waals surface area contributed by atoms with Gasteiger partial charge in [-0.05, 0) is 30.7 Å². The molecule has 4 aromatic rings. The number of halogens is 2. The van der Waals surface area contributed by atoms with Crippen molar-refractivity contribution in [2.75, 3.05) is 4.90 Å². The monoisotopic (exact) mass is 507 g/mol. The third kappa shape index (κ3) is 3.79. The molecule has 5 rings (SSSR count). The van der Waals surface area contributed by atoms with E-state index in [0.717, 1.165) is 40.0 Å². The maximum atomic E-state index is 14.3. The van der Waals surface area contributed by atoms with Crippen LogP contribution in [0, 0.1) is 28.7 Å². The van der Waals surface area contributed by atoms with Crippen molar-refractivity contribution in [1.29, 1.82) is 0 Å². The van der Waals surface area contributed by atoms with Gasteiger partial charge in [-0.1, -0.05) is 41.2 Å². The summed E-state index contributed by atoms with van der Waals surface area (Å²) >= 11 is 0.829. The van der Waals surface area contributed by atoms with Gasteiger partial charge in [-0.25, -0.2) is 13.8 Å². The molecular formula is C25H15F2N3O5S. The Hall–Kier alpha value is -4.51. The maximum Gasteiger partial charge on any atom is 0.301 e. The van der Waals surface area contributed by atoms with Gasteiger partial charge in [0.15, 0.2) is 10.9 Å². The van der Waals surface area contributed by atoms with E-state index >= 15 is 0 Å². The minimum absolute atomic E-state index is 0.0501. The lowest BCUT2D eigenvalue weighted by Crippen LogP contribution is -2.29.